The standard InChI is InChI=1S/C13H13N3O/c1-3-7-16-9-15-12(13(16)14)10-5-4-6-11(8-10)17-2/h1,4-6,8-9H,7,14H2,2H3. The van der Waals surface area contributed by atoms with Gasteiger partial charge in [-0.15, -0.1) is 6.42 Å². The number of hydrogen-bond donors (Lipinski definition) is 1. The van der Waals surface area contributed by atoms with E-state index in [2.05, 4.69) is 10.9 Å². The van der Waals surface area contributed by atoms with Crippen LogP contribution in [0.25, 0.3) is 11.3 Å². The summed E-state index contributed by atoms with van der Waals surface area (Å²) in [5, 5.41) is 0. The van der Waals surface area contributed by atoms with Crippen LogP contribution in [0.3, 0.4) is 0 Å². The Bertz CT molecular complexity index is 566. The van der Waals surface area contributed by atoms with Crippen molar-refractivity contribution in [2.75, 3.05) is 12.8 Å². The smallest absolute Gasteiger partial charge is 0.132 e. The third kappa shape index (κ3) is 2.08. The molecular formula is C13H13N3O. The topological polar surface area (TPSA) is 53.1 Å². The number of methoxy groups -OCH3 is 1. The fourth-order valence-electron chi connectivity index (χ4n) is 1.61. The zero-order valence-electron chi connectivity index (χ0n) is 9.55. The molecule has 86 valence electrons. The van der Waals surface area contributed by atoms with Gasteiger partial charge < -0.3 is 15.0 Å². The van der Waals surface area contributed by atoms with Gasteiger partial charge in [0.2, 0.25) is 0 Å². The molecule has 1 heterocycles. The molecule has 2 N–H and O–H groups in total. The first-order chi connectivity index (χ1) is 8.26. The second-order valence-corrected chi connectivity index (χ2v) is 3.54. The maximum atomic E-state index is 5.98. The summed E-state index contributed by atoms with van der Waals surface area (Å²) in [5.41, 5.74) is 7.61. The minimum absolute atomic E-state index is 0.419. The summed E-state index contributed by atoms with van der Waals surface area (Å²) >= 11 is 0. The molecule has 0 aliphatic carbocycles. The SMILES string of the molecule is C#CCn1cnc(-c2cccc(OC)c2)c1N. The first kappa shape index (κ1) is 11.1. The fourth-order valence-corrected chi connectivity index (χ4v) is 1.61. The first-order valence-corrected chi connectivity index (χ1v) is 5.14. The van der Waals surface area contributed by atoms with Gasteiger partial charge in [-0.2, -0.15) is 0 Å². The van der Waals surface area contributed by atoms with Crippen LogP contribution < -0.4 is 10.5 Å². The third-order valence-corrected chi connectivity index (χ3v) is 2.48. The van der Waals surface area contributed by atoms with E-state index in [0.29, 0.717) is 12.4 Å². The zero-order valence-corrected chi connectivity index (χ0v) is 9.55. The highest BCUT2D eigenvalue weighted by Crippen LogP contribution is 2.26. The van der Waals surface area contributed by atoms with Gasteiger partial charge in [-0.05, 0) is 12.1 Å². The van der Waals surface area contributed by atoms with E-state index in [-0.39, 0.29) is 0 Å². The Morgan fingerprint density at radius 1 is 1.53 bits per heavy atom. The highest BCUT2D eigenvalue weighted by Gasteiger charge is 2.09. The van der Waals surface area contributed by atoms with Crippen LogP contribution in [0.5, 0.6) is 5.75 Å². The lowest BCUT2D eigenvalue weighted by Gasteiger charge is -2.04. The largest absolute Gasteiger partial charge is 0.497 e. The average molecular weight is 227 g/mol. The van der Waals surface area contributed by atoms with Gasteiger partial charge in [0.1, 0.15) is 17.3 Å². The van der Waals surface area contributed by atoms with E-state index in [9.17, 15) is 0 Å². The van der Waals surface area contributed by atoms with Crippen molar-refractivity contribution in [3.8, 4) is 29.4 Å². The van der Waals surface area contributed by atoms with Gasteiger partial charge in [-0.3, -0.25) is 0 Å². The molecule has 0 radical (unpaired) electrons. The van der Waals surface area contributed by atoms with Crippen LogP contribution in [0.4, 0.5) is 5.82 Å². The maximum Gasteiger partial charge on any atom is 0.132 e. The van der Waals surface area contributed by atoms with E-state index in [1.165, 1.54) is 0 Å². The van der Waals surface area contributed by atoms with E-state index >= 15 is 0 Å². The van der Waals surface area contributed by atoms with E-state index in [0.717, 1.165) is 17.0 Å². The van der Waals surface area contributed by atoms with E-state index in [1.807, 2.05) is 24.3 Å². The van der Waals surface area contributed by atoms with Gasteiger partial charge in [0.25, 0.3) is 0 Å². The number of anilines is 1. The number of nitrogen functional groups attached to an aromatic ring is 1. The van der Waals surface area contributed by atoms with Crippen molar-refractivity contribution in [2.24, 2.45) is 0 Å². The second kappa shape index (κ2) is 4.62. The highest BCUT2D eigenvalue weighted by molar-refractivity contribution is 5.71. The number of hydrogen-bond acceptors (Lipinski definition) is 3. The average Bonchev–Trinajstić information content (AvgIpc) is 2.72. The Hall–Kier alpha value is -2.41. The lowest BCUT2D eigenvalue weighted by molar-refractivity contribution is 0.415. The van der Waals surface area contributed by atoms with Gasteiger partial charge in [0.05, 0.1) is 20.0 Å². The van der Waals surface area contributed by atoms with Gasteiger partial charge in [0, 0.05) is 5.56 Å². The molecule has 17 heavy (non-hydrogen) atoms. The molecule has 1 aromatic heterocycles. The monoisotopic (exact) mass is 227 g/mol. The van der Waals surface area contributed by atoms with Crippen molar-refractivity contribution < 1.29 is 4.74 Å². The minimum atomic E-state index is 0.419. The molecule has 0 spiro atoms. The molecule has 4 nitrogen and oxygen atoms in total. The molecule has 0 fully saturated rings. The highest BCUT2D eigenvalue weighted by atomic mass is 16.5. The molecule has 1 aromatic carbocycles. The normalized spacial score (nSPS) is 9.88. The number of nitrogens with two attached hydrogens (primary N) is 1. The number of benzene rings is 1. The Labute approximate surface area is 100 Å². The van der Waals surface area contributed by atoms with Crippen molar-refractivity contribution in [1.82, 2.24) is 9.55 Å². The van der Waals surface area contributed by atoms with Gasteiger partial charge in [-0.1, -0.05) is 18.1 Å². The van der Waals surface area contributed by atoms with Crippen molar-refractivity contribution in [3.63, 3.8) is 0 Å². The van der Waals surface area contributed by atoms with Crippen molar-refractivity contribution in [3.05, 3.63) is 30.6 Å². The summed E-state index contributed by atoms with van der Waals surface area (Å²) in [6.07, 6.45) is 6.89. The maximum absolute atomic E-state index is 5.98. The van der Waals surface area contributed by atoms with E-state index in [1.54, 1.807) is 18.0 Å². The summed E-state index contributed by atoms with van der Waals surface area (Å²) in [7, 11) is 1.62. The number of aromatic nitrogens is 2. The van der Waals surface area contributed by atoms with Crippen LogP contribution >= 0.6 is 0 Å². The minimum Gasteiger partial charge on any atom is -0.497 e. The quantitative estimate of drug-likeness (QED) is 0.813. The second-order valence-electron chi connectivity index (χ2n) is 3.54. The molecule has 2 rings (SSSR count). The molecule has 0 aliphatic heterocycles. The molecule has 2 aromatic rings. The van der Waals surface area contributed by atoms with Crippen molar-refractivity contribution >= 4 is 5.82 Å². The van der Waals surface area contributed by atoms with Crippen molar-refractivity contribution in [1.29, 1.82) is 0 Å². The molecule has 0 atom stereocenters. The van der Waals surface area contributed by atoms with Crippen LogP contribution in [-0.4, -0.2) is 16.7 Å². The number of rotatable bonds is 3. The Morgan fingerprint density at radius 3 is 3.06 bits per heavy atom. The lowest BCUT2D eigenvalue weighted by Crippen LogP contribution is -2.00. The molecule has 0 saturated carbocycles. The molecule has 0 unspecified atom stereocenters. The van der Waals surface area contributed by atoms with Crippen LogP contribution in [-0.2, 0) is 6.54 Å². The Morgan fingerprint density at radius 2 is 2.35 bits per heavy atom. The molecule has 0 amide bonds. The zero-order chi connectivity index (χ0) is 12.3. The molecule has 0 saturated heterocycles. The van der Waals surface area contributed by atoms with Gasteiger partial charge in [0.15, 0.2) is 0 Å². The van der Waals surface area contributed by atoms with Crippen LogP contribution in [0.15, 0.2) is 30.6 Å². The summed E-state index contributed by atoms with van der Waals surface area (Å²) < 4.78 is 6.89. The molecule has 0 aliphatic rings. The lowest BCUT2D eigenvalue weighted by atomic mass is 10.1. The summed E-state index contributed by atoms with van der Waals surface area (Å²) in [6.45, 7) is 0.419. The molecular weight excluding hydrogens is 214 g/mol. The van der Waals surface area contributed by atoms with Crippen LogP contribution in [0.2, 0.25) is 0 Å². The molecule has 4 heteroatoms. The summed E-state index contributed by atoms with van der Waals surface area (Å²) in [4.78, 5) is 4.27. The Kier molecular flexibility index (Phi) is 3.01. The fraction of sp³-hybridized carbons (Fsp3) is 0.154. The van der Waals surface area contributed by atoms with Crippen molar-refractivity contribution in [2.45, 2.75) is 6.54 Å². The van der Waals surface area contributed by atoms with E-state index in [4.69, 9.17) is 16.9 Å². The van der Waals surface area contributed by atoms with Crippen LogP contribution in [0, 0.1) is 12.3 Å². The summed E-state index contributed by atoms with van der Waals surface area (Å²) in [5.74, 6) is 3.87. The predicted octanol–water partition coefficient (Wildman–Crippen LogP) is 1.77. The number of ether oxygens (including phenoxy) is 1. The first-order valence-electron chi connectivity index (χ1n) is 5.14. The van der Waals surface area contributed by atoms with Gasteiger partial charge in [-0.25, -0.2) is 4.98 Å². The number of terminal acetylenes is 1. The van der Waals surface area contributed by atoms with E-state index < -0.39 is 0 Å². The van der Waals surface area contributed by atoms with Crippen LogP contribution in [0.1, 0.15) is 0 Å². The van der Waals surface area contributed by atoms with Gasteiger partial charge >= 0.3 is 0 Å². The molecule has 0 bridgehead atoms. The third-order valence-electron chi connectivity index (χ3n) is 2.48. The summed E-state index contributed by atoms with van der Waals surface area (Å²) in [6, 6.07) is 7.59. The number of imidazole rings is 1. The Balaban J connectivity index is 2.43. The number of nitrogens with zero attached hydrogens (tertiary/aromatic N) is 2. The predicted molar refractivity (Wildman–Crippen MR) is 67.5 cm³/mol.